The van der Waals surface area contributed by atoms with Crippen molar-refractivity contribution in [1.29, 1.82) is 0 Å². The van der Waals surface area contributed by atoms with Crippen LogP contribution < -0.4 is 0 Å². The van der Waals surface area contributed by atoms with Crippen LogP contribution in [0.1, 0.15) is 59.3 Å². The van der Waals surface area contributed by atoms with E-state index in [4.69, 9.17) is 0 Å². The van der Waals surface area contributed by atoms with Gasteiger partial charge in [0.15, 0.2) is 0 Å². The smallest absolute Gasteiger partial charge is 0.321 e. The predicted octanol–water partition coefficient (Wildman–Crippen LogP) is 2.70. The predicted molar refractivity (Wildman–Crippen MR) is 79.6 cm³/mol. The zero-order chi connectivity index (χ0) is 17.0. The number of carbonyl (C=O) groups is 4. The summed E-state index contributed by atoms with van der Waals surface area (Å²) in [5, 5.41) is 0. The van der Waals surface area contributed by atoms with E-state index in [1.54, 1.807) is 6.08 Å². The number of ether oxygens (including phenoxy) is 2. The first-order valence-electron chi connectivity index (χ1n) is 7.47. The largest absolute Gasteiger partial charge is 0.394 e. The third-order valence-corrected chi connectivity index (χ3v) is 2.78. The number of cyclic esters (lactones) is 2. The van der Waals surface area contributed by atoms with E-state index < -0.39 is 23.9 Å². The summed E-state index contributed by atoms with van der Waals surface area (Å²) in [5.74, 6) is -2.26. The van der Waals surface area contributed by atoms with Crippen LogP contribution in [0.2, 0.25) is 0 Å². The molecule has 0 N–H and O–H groups in total. The molecule has 0 aromatic heterocycles. The van der Waals surface area contributed by atoms with Crippen LogP contribution in [-0.4, -0.2) is 23.9 Å². The Bertz CT molecular complexity index is 412. The number of esters is 4. The van der Waals surface area contributed by atoms with Crippen LogP contribution in [0.4, 0.5) is 0 Å². The second-order valence-corrected chi connectivity index (χ2v) is 4.97. The minimum absolute atomic E-state index is 0.213. The van der Waals surface area contributed by atoms with Crippen molar-refractivity contribution in [2.24, 2.45) is 5.92 Å². The molecule has 0 radical (unpaired) electrons. The molecular formula is C16H24O6. The summed E-state index contributed by atoms with van der Waals surface area (Å²) in [5.41, 5.74) is 0. The fourth-order valence-corrected chi connectivity index (χ4v) is 1.79. The molecule has 1 saturated heterocycles. The number of unbranched alkanes of at least 4 members (excludes halogenated alkanes) is 4. The molecule has 0 aromatic carbocycles. The first kappa shape index (κ1) is 20.0. The average molecular weight is 312 g/mol. The van der Waals surface area contributed by atoms with Crippen LogP contribution in [0.5, 0.6) is 0 Å². The highest BCUT2D eigenvalue weighted by atomic mass is 16.6. The molecule has 0 aromatic rings. The maximum atomic E-state index is 11.1. The molecule has 0 bridgehead atoms. The van der Waals surface area contributed by atoms with Gasteiger partial charge in [0.2, 0.25) is 0 Å². The van der Waals surface area contributed by atoms with Crippen molar-refractivity contribution in [3.63, 3.8) is 0 Å². The quantitative estimate of drug-likeness (QED) is 0.324. The Hall–Kier alpha value is -1.98. The van der Waals surface area contributed by atoms with Crippen LogP contribution in [0.25, 0.3) is 0 Å². The van der Waals surface area contributed by atoms with Gasteiger partial charge in [-0.15, -0.1) is 0 Å². The molecule has 1 aliphatic heterocycles. The molecular weight excluding hydrogens is 288 g/mol. The Balaban J connectivity index is 0.000000534. The van der Waals surface area contributed by atoms with Gasteiger partial charge >= 0.3 is 23.9 Å². The highest BCUT2D eigenvalue weighted by Gasteiger charge is 2.30. The van der Waals surface area contributed by atoms with Crippen molar-refractivity contribution in [2.45, 2.75) is 59.3 Å². The summed E-state index contributed by atoms with van der Waals surface area (Å²) >= 11 is 0. The van der Waals surface area contributed by atoms with Crippen LogP contribution >= 0.6 is 0 Å². The number of hydrogen-bond donors (Lipinski definition) is 0. The van der Waals surface area contributed by atoms with E-state index in [1.165, 1.54) is 33.1 Å². The van der Waals surface area contributed by atoms with Crippen LogP contribution in [-0.2, 0) is 28.7 Å². The van der Waals surface area contributed by atoms with Gasteiger partial charge in [-0.2, -0.15) is 0 Å². The number of carbonyl (C=O) groups excluding carboxylic acids is 4. The van der Waals surface area contributed by atoms with E-state index in [0.717, 1.165) is 12.8 Å². The van der Waals surface area contributed by atoms with E-state index >= 15 is 0 Å². The molecule has 22 heavy (non-hydrogen) atoms. The second-order valence-electron chi connectivity index (χ2n) is 4.97. The van der Waals surface area contributed by atoms with E-state index in [2.05, 4.69) is 16.4 Å². The molecule has 1 rings (SSSR count). The van der Waals surface area contributed by atoms with Gasteiger partial charge in [-0.25, -0.2) is 0 Å². The van der Waals surface area contributed by atoms with E-state index in [9.17, 15) is 19.2 Å². The lowest BCUT2D eigenvalue weighted by Crippen LogP contribution is -2.03. The lowest BCUT2D eigenvalue weighted by molar-refractivity contribution is -0.157. The van der Waals surface area contributed by atoms with E-state index in [0.29, 0.717) is 0 Å². The first-order valence-corrected chi connectivity index (χ1v) is 7.47. The normalized spacial score (nSPS) is 17.0. The third-order valence-electron chi connectivity index (χ3n) is 2.78. The molecule has 1 fully saturated rings. The van der Waals surface area contributed by atoms with Gasteiger partial charge in [0.25, 0.3) is 0 Å². The lowest BCUT2D eigenvalue weighted by atomic mass is 10.1. The highest BCUT2D eigenvalue weighted by Crippen LogP contribution is 2.17. The van der Waals surface area contributed by atoms with Crippen molar-refractivity contribution in [3.05, 3.63) is 12.2 Å². The summed E-state index contributed by atoms with van der Waals surface area (Å²) in [4.78, 5) is 41.4. The fraction of sp³-hybridized carbons (Fsp3) is 0.625. The molecule has 0 saturated carbocycles. The maximum Gasteiger partial charge on any atom is 0.321 e. The Morgan fingerprint density at radius 1 is 1.18 bits per heavy atom. The Labute approximate surface area is 130 Å². The van der Waals surface area contributed by atoms with Crippen molar-refractivity contribution in [1.82, 2.24) is 0 Å². The number of rotatable bonds is 6. The van der Waals surface area contributed by atoms with Gasteiger partial charge in [-0.1, -0.05) is 38.3 Å². The van der Waals surface area contributed by atoms with Crippen LogP contribution in [0.3, 0.4) is 0 Å². The maximum absolute atomic E-state index is 11.1. The van der Waals surface area contributed by atoms with E-state index in [1.807, 2.05) is 6.08 Å². The summed E-state index contributed by atoms with van der Waals surface area (Å²) < 4.78 is 8.41. The summed E-state index contributed by atoms with van der Waals surface area (Å²) in [6, 6.07) is 0. The molecule has 6 heteroatoms. The number of hydrogen-bond acceptors (Lipinski definition) is 6. The zero-order valence-corrected chi connectivity index (χ0v) is 13.4. The summed E-state index contributed by atoms with van der Waals surface area (Å²) in [7, 11) is 0. The molecule has 1 atom stereocenters. The van der Waals surface area contributed by atoms with Crippen molar-refractivity contribution in [3.8, 4) is 0 Å². The van der Waals surface area contributed by atoms with Gasteiger partial charge < -0.3 is 9.47 Å². The number of allylic oxidation sites excluding steroid dienone is 1. The molecule has 0 amide bonds. The molecule has 1 unspecified atom stereocenters. The van der Waals surface area contributed by atoms with E-state index in [-0.39, 0.29) is 12.3 Å². The third kappa shape index (κ3) is 10.8. The van der Waals surface area contributed by atoms with Gasteiger partial charge in [-0.3, -0.25) is 19.2 Å². The Kier molecular flexibility index (Phi) is 10.6. The standard InChI is InChI=1S/C12H18O3.C4H6O3/c1-2-3-4-5-6-7-8-10-9-11(13)15-12(10)14;1-3(5)7-4(2)6/h7-8,10H,2-6,9H2,1H3;1-2H3/b8-7+;. The zero-order valence-electron chi connectivity index (χ0n) is 13.4. The Morgan fingerprint density at radius 3 is 2.23 bits per heavy atom. The van der Waals surface area contributed by atoms with Crippen molar-refractivity contribution in [2.75, 3.05) is 0 Å². The topological polar surface area (TPSA) is 86.7 Å². The molecule has 1 aliphatic rings. The minimum atomic E-state index is -0.562. The van der Waals surface area contributed by atoms with Crippen molar-refractivity contribution < 1.29 is 28.7 Å². The van der Waals surface area contributed by atoms with Crippen LogP contribution in [0.15, 0.2) is 12.2 Å². The molecule has 1 heterocycles. The Morgan fingerprint density at radius 2 is 1.82 bits per heavy atom. The van der Waals surface area contributed by atoms with Crippen molar-refractivity contribution >= 4 is 23.9 Å². The minimum Gasteiger partial charge on any atom is -0.394 e. The van der Waals surface area contributed by atoms with Crippen LogP contribution in [0, 0.1) is 5.92 Å². The highest BCUT2D eigenvalue weighted by molar-refractivity contribution is 5.95. The summed E-state index contributed by atoms with van der Waals surface area (Å²) in [6.45, 7) is 4.54. The van der Waals surface area contributed by atoms with Gasteiger partial charge in [0.1, 0.15) is 0 Å². The first-order chi connectivity index (χ1) is 10.4. The van der Waals surface area contributed by atoms with Gasteiger partial charge in [-0.05, 0) is 12.8 Å². The molecule has 0 spiro atoms. The molecule has 0 aliphatic carbocycles. The SMILES string of the molecule is CC(=O)OC(C)=O.CCCCCC/C=C/C1CC(=O)OC1=O. The average Bonchev–Trinajstić information content (AvgIpc) is 2.71. The van der Waals surface area contributed by atoms with Gasteiger partial charge in [0, 0.05) is 13.8 Å². The van der Waals surface area contributed by atoms with Gasteiger partial charge in [0.05, 0.1) is 12.3 Å². The summed E-state index contributed by atoms with van der Waals surface area (Å²) in [6.07, 6.45) is 9.86. The monoisotopic (exact) mass is 312 g/mol. The molecule has 6 nitrogen and oxygen atoms in total. The second kappa shape index (κ2) is 11.7. The fourth-order valence-electron chi connectivity index (χ4n) is 1.79. The molecule has 124 valence electrons. The lowest BCUT2D eigenvalue weighted by Gasteiger charge is -1.96.